The number of fused-ring (bicyclic) bond motifs is 2. The fourth-order valence-corrected chi connectivity index (χ4v) is 11.5. The number of amides is 1. The second kappa shape index (κ2) is 8.91. The van der Waals surface area contributed by atoms with Gasteiger partial charge in [0.05, 0.1) is 24.4 Å². The summed E-state index contributed by atoms with van der Waals surface area (Å²) in [6.07, 6.45) is 9.66. The standard InChI is InChI=1S/C31H54N2O4/c1-18(14-20(37-7)16-33-19(2)26(32)36)21-15-25(35)29(6)23-9-8-22-27(3,4)24(34)10-11-30(22)17-31(23,30)13-12-28(21,29)5/h18-25,33-35H,8-17H2,1-7H3,(H2,32,36)/t18-,19+,20?,21-,22+,23?,24+,25+,28-,29-,30-,31?/m1/s1. The Bertz CT molecular complexity index is 910. The molecule has 5 aliphatic carbocycles. The Labute approximate surface area is 224 Å². The summed E-state index contributed by atoms with van der Waals surface area (Å²) in [6, 6.07) is -0.372. The molecule has 5 rings (SSSR count). The Morgan fingerprint density at radius 2 is 1.65 bits per heavy atom. The lowest BCUT2D eigenvalue weighted by molar-refractivity contribution is -0.182. The number of hydrogen-bond donors (Lipinski definition) is 4. The lowest BCUT2D eigenvalue weighted by Crippen LogP contribution is -2.59. The van der Waals surface area contributed by atoms with Gasteiger partial charge in [0, 0.05) is 19.1 Å². The zero-order valence-corrected chi connectivity index (χ0v) is 24.5. The molecule has 0 aliphatic heterocycles. The minimum atomic E-state index is -0.372. The highest BCUT2D eigenvalue weighted by atomic mass is 16.5. The number of hydrogen-bond acceptors (Lipinski definition) is 5. The molecule has 5 saturated carbocycles. The minimum absolute atomic E-state index is 0.00503. The van der Waals surface area contributed by atoms with Crippen LogP contribution >= 0.6 is 0 Å². The van der Waals surface area contributed by atoms with Crippen LogP contribution in [0, 0.1) is 50.7 Å². The molecule has 5 aliphatic rings. The van der Waals surface area contributed by atoms with Crippen LogP contribution in [0.2, 0.25) is 0 Å². The lowest BCUT2D eigenvalue weighted by Gasteiger charge is -2.63. The van der Waals surface area contributed by atoms with E-state index in [-0.39, 0.29) is 46.5 Å². The predicted molar refractivity (Wildman–Crippen MR) is 146 cm³/mol. The van der Waals surface area contributed by atoms with Gasteiger partial charge in [-0.1, -0.05) is 34.6 Å². The first-order valence-corrected chi connectivity index (χ1v) is 15.1. The zero-order chi connectivity index (χ0) is 27.2. The largest absolute Gasteiger partial charge is 0.393 e. The molecule has 5 fully saturated rings. The van der Waals surface area contributed by atoms with Crippen molar-refractivity contribution in [1.82, 2.24) is 5.32 Å². The summed E-state index contributed by atoms with van der Waals surface area (Å²) in [4.78, 5) is 11.5. The molecule has 0 heterocycles. The van der Waals surface area contributed by atoms with Crippen molar-refractivity contribution in [3.05, 3.63) is 0 Å². The summed E-state index contributed by atoms with van der Waals surface area (Å²) in [5.41, 5.74) is 6.21. The summed E-state index contributed by atoms with van der Waals surface area (Å²) in [5, 5.41) is 26.0. The van der Waals surface area contributed by atoms with Gasteiger partial charge in [0.25, 0.3) is 0 Å². The minimum Gasteiger partial charge on any atom is -0.393 e. The van der Waals surface area contributed by atoms with Crippen LogP contribution in [0.25, 0.3) is 0 Å². The summed E-state index contributed by atoms with van der Waals surface area (Å²) in [7, 11) is 1.75. The maximum atomic E-state index is 11.9. The molecule has 0 aromatic carbocycles. The lowest BCUT2D eigenvalue weighted by atomic mass is 9.41. The van der Waals surface area contributed by atoms with E-state index in [1.165, 1.54) is 38.5 Å². The second-order valence-electron chi connectivity index (χ2n) is 15.2. The molecule has 5 N–H and O–H groups in total. The molecule has 0 saturated heterocycles. The van der Waals surface area contributed by atoms with Crippen LogP contribution in [0.4, 0.5) is 0 Å². The second-order valence-corrected chi connectivity index (χ2v) is 15.2. The first-order chi connectivity index (χ1) is 17.2. The number of nitrogens with one attached hydrogen (secondary N) is 1. The van der Waals surface area contributed by atoms with Gasteiger partial charge >= 0.3 is 0 Å². The first-order valence-electron chi connectivity index (χ1n) is 15.1. The average molecular weight is 519 g/mol. The van der Waals surface area contributed by atoms with Crippen molar-refractivity contribution in [3.8, 4) is 0 Å². The van der Waals surface area contributed by atoms with E-state index in [1.807, 2.05) is 0 Å². The first kappa shape index (κ1) is 27.9. The number of nitrogens with two attached hydrogens (primary N) is 1. The van der Waals surface area contributed by atoms with Crippen LogP contribution < -0.4 is 11.1 Å². The molecule has 6 nitrogen and oxygen atoms in total. The van der Waals surface area contributed by atoms with E-state index in [4.69, 9.17) is 10.5 Å². The maximum absolute atomic E-state index is 11.9. The third kappa shape index (κ3) is 3.60. The number of carbonyl (C=O) groups is 1. The van der Waals surface area contributed by atoms with E-state index in [0.29, 0.717) is 41.0 Å². The van der Waals surface area contributed by atoms with Gasteiger partial charge in [-0.3, -0.25) is 4.79 Å². The SMILES string of the molecule is COC(CN[C@@H](C)C(N)=O)C[C@@H](C)[C@H]1C[C@H](O)[C@@]2(C)C3CC[C@H]4C(C)(C)[C@@H](O)CC[C@@]45CC35CC[C@]12C. The van der Waals surface area contributed by atoms with Crippen molar-refractivity contribution < 1.29 is 19.7 Å². The molecule has 12 atom stereocenters. The van der Waals surface area contributed by atoms with Crippen molar-refractivity contribution in [1.29, 1.82) is 0 Å². The van der Waals surface area contributed by atoms with Gasteiger partial charge in [-0.2, -0.15) is 0 Å². The Balaban J connectivity index is 1.36. The number of ether oxygens (including phenoxy) is 1. The Hall–Kier alpha value is -0.690. The summed E-state index contributed by atoms with van der Waals surface area (Å²) >= 11 is 0. The topological polar surface area (TPSA) is 105 Å². The molecule has 2 spiro atoms. The molecule has 6 heteroatoms. The van der Waals surface area contributed by atoms with Gasteiger partial charge in [0.2, 0.25) is 5.91 Å². The number of aliphatic hydroxyl groups excluding tert-OH is 2. The van der Waals surface area contributed by atoms with Crippen LogP contribution in [0.3, 0.4) is 0 Å². The van der Waals surface area contributed by atoms with E-state index in [2.05, 4.69) is 39.9 Å². The number of rotatable bonds is 8. The van der Waals surface area contributed by atoms with Gasteiger partial charge in [-0.15, -0.1) is 0 Å². The molecule has 3 unspecified atom stereocenters. The molecule has 0 bridgehead atoms. The average Bonchev–Trinajstić information content (AvgIpc) is 3.46. The van der Waals surface area contributed by atoms with Crippen LogP contribution in [0.1, 0.15) is 99.3 Å². The van der Waals surface area contributed by atoms with Gasteiger partial charge in [0.1, 0.15) is 0 Å². The van der Waals surface area contributed by atoms with Crippen LogP contribution in [0.15, 0.2) is 0 Å². The Morgan fingerprint density at radius 1 is 1.00 bits per heavy atom. The van der Waals surface area contributed by atoms with Crippen molar-refractivity contribution in [3.63, 3.8) is 0 Å². The van der Waals surface area contributed by atoms with Gasteiger partial charge in [-0.05, 0) is 110 Å². The summed E-state index contributed by atoms with van der Waals surface area (Å²) in [6.45, 7) is 14.3. The van der Waals surface area contributed by atoms with Gasteiger partial charge < -0.3 is 26.0 Å². The highest BCUT2D eigenvalue weighted by Crippen LogP contribution is 2.89. The smallest absolute Gasteiger partial charge is 0.234 e. The van der Waals surface area contributed by atoms with Crippen LogP contribution in [0.5, 0.6) is 0 Å². The quantitative estimate of drug-likeness (QED) is 0.384. The van der Waals surface area contributed by atoms with Gasteiger partial charge in [0.15, 0.2) is 0 Å². The van der Waals surface area contributed by atoms with Crippen molar-refractivity contribution in [2.24, 2.45) is 56.5 Å². The Morgan fingerprint density at radius 3 is 2.30 bits per heavy atom. The highest BCUT2D eigenvalue weighted by molar-refractivity contribution is 5.79. The number of carbonyl (C=O) groups excluding carboxylic acids is 1. The maximum Gasteiger partial charge on any atom is 0.234 e. The number of aliphatic hydroxyl groups is 2. The van der Waals surface area contributed by atoms with Crippen molar-refractivity contribution in [2.45, 2.75) is 124 Å². The van der Waals surface area contributed by atoms with Crippen LogP contribution in [-0.2, 0) is 9.53 Å². The van der Waals surface area contributed by atoms with E-state index >= 15 is 0 Å². The predicted octanol–water partition coefficient (Wildman–Crippen LogP) is 4.26. The number of primary amides is 1. The van der Waals surface area contributed by atoms with E-state index in [0.717, 1.165) is 19.3 Å². The van der Waals surface area contributed by atoms with E-state index < -0.39 is 0 Å². The van der Waals surface area contributed by atoms with Gasteiger partial charge in [-0.25, -0.2) is 0 Å². The fourth-order valence-electron chi connectivity index (χ4n) is 11.5. The molecular formula is C31H54N2O4. The fraction of sp³-hybridized carbons (Fsp3) is 0.968. The monoisotopic (exact) mass is 518 g/mol. The molecule has 212 valence electrons. The summed E-state index contributed by atoms with van der Waals surface area (Å²) < 4.78 is 5.83. The molecule has 0 aromatic rings. The number of methoxy groups -OCH3 is 1. The zero-order valence-electron chi connectivity index (χ0n) is 24.5. The normalized spacial score (nSPS) is 50.1. The Kier molecular flexibility index (Phi) is 6.71. The third-order valence-corrected chi connectivity index (χ3v) is 14.0. The third-order valence-electron chi connectivity index (χ3n) is 14.0. The van der Waals surface area contributed by atoms with Crippen LogP contribution in [-0.4, -0.2) is 54.1 Å². The van der Waals surface area contributed by atoms with E-state index in [1.54, 1.807) is 14.0 Å². The molecule has 0 radical (unpaired) electrons. The molecule has 1 amide bonds. The summed E-state index contributed by atoms with van der Waals surface area (Å²) in [5.74, 6) is 1.71. The highest BCUT2D eigenvalue weighted by Gasteiger charge is 2.83. The van der Waals surface area contributed by atoms with Crippen molar-refractivity contribution in [2.75, 3.05) is 13.7 Å². The molecular weight excluding hydrogens is 464 g/mol. The molecule has 37 heavy (non-hydrogen) atoms. The molecule has 0 aromatic heterocycles. The van der Waals surface area contributed by atoms with Crippen molar-refractivity contribution >= 4 is 5.91 Å². The van der Waals surface area contributed by atoms with E-state index in [9.17, 15) is 15.0 Å².